The van der Waals surface area contributed by atoms with Gasteiger partial charge in [-0.05, 0) is 64.6 Å². The Balaban J connectivity index is 1.80. The van der Waals surface area contributed by atoms with Crippen LogP contribution in [0.1, 0.15) is 80.6 Å². The molecular weight excluding hydrogens is 424 g/mol. The average Bonchev–Trinajstić information content (AvgIpc) is 2.82. The van der Waals surface area contributed by atoms with Crippen LogP contribution in [-0.2, 0) is 23.5 Å². The van der Waals surface area contributed by atoms with E-state index in [9.17, 15) is 14.4 Å². The van der Waals surface area contributed by atoms with Crippen molar-refractivity contribution in [1.29, 1.82) is 0 Å². The molecule has 0 radical (unpaired) electrons. The van der Waals surface area contributed by atoms with Gasteiger partial charge in [0.2, 0.25) is 11.8 Å². The number of carbonyl (C=O) groups is 3. The molecule has 2 saturated heterocycles. The molecule has 182 valence electrons. The van der Waals surface area contributed by atoms with E-state index in [1.165, 1.54) is 4.90 Å². The van der Waals surface area contributed by atoms with Crippen molar-refractivity contribution in [3.63, 3.8) is 0 Å². The Bertz CT molecular complexity index is 782. The van der Waals surface area contributed by atoms with Crippen LogP contribution in [0.3, 0.4) is 0 Å². The zero-order chi connectivity index (χ0) is 24.3. The lowest BCUT2D eigenvalue weighted by Crippen LogP contribution is -2.68. The number of rotatable bonds is 5. The largest absolute Gasteiger partial charge is 0.413 e. The van der Waals surface area contributed by atoms with Gasteiger partial charge in [-0.25, -0.2) is 4.90 Å². The van der Waals surface area contributed by atoms with Crippen LogP contribution in [0.15, 0.2) is 0 Å². The Morgan fingerprint density at radius 3 is 2.22 bits per heavy atom. The van der Waals surface area contributed by atoms with E-state index in [2.05, 4.69) is 39.2 Å². The van der Waals surface area contributed by atoms with Gasteiger partial charge in [-0.15, -0.1) is 0 Å². The molecule has 7 nitrogen and oxygen atoms in total. The second kappa shape index (κ2) is 8.20. The minimum absolute atomic E-state index is 0.0245. The molecular formula is C24H42N2O5Si. The first-order valence-corrected chi connectivity index (χ1v) is 15.0. The quantitative estimate of drug-likeness (QED) is 0.489. The highest BCUT2D eigenvalue weighted by molar-refractivity contribution is 6.74. The molecule has 0 aromatic heterocycles. The molecule has 2 aliphatic heterocycles. The lowest BCUT2D eigenvalue weighted by molar-refractivity contribution is -0.173. The first kappa shape index (κ1) is 25.4. The van der Waals surface area contributed by atoms with Crippen molar-refractivity contribution >= 4 is 26.0 Å². The van der Waals surface area contributed by atoms with Gasteiger partial charge in [0.15, 0.2) is 14.0 Å². The first-order valence-electron chi connectivity index (χ1n) is 12.1. The topological polar surface area (TPSA) is 84.9 Å². The van der Waals surface area contributed by atoms with Crippen molar-refractivity contribution in [1.82, 2.24) is 10.2 Å². The van der Waals surface area contributed by atoms with Crippen LogP contribution in [0.4, 0.5) is 0 Å². The zero-order valence-electron chi connectivity index (χ0n) is 21.3. The molecule has 0 aromatic rings. The summed E-state index contributed by atoms with van der Waals surface area (Å²) in [5.74, 6) is -1.56. The predicted octanol–water partition coefficient (Wildman–Crippen LogP) is 3.97. The van der Waals surface area contributed by atoms with Crippen LogP contribution >= 0.6 is 0 Å². The summed E-state index contributed by atoms with van der Waals surface area (Å²) >= 11 is 0. The molecule has 1 N–H and O–H groups in total. The standard InChI is InChI=1S/C24H42N2O5Si/c1-15(18-17(19(27)25-18)16(2)30-32(8,9)22(3,4)5)20(28)26-21(29)23(6,7)31-24(26)13-11-10-12-14-24/h15-18H,10-14H2,1-9H3,(H,25,27)/t15-,16-,17-,18-/m1/s1. The van der Waals surface area contributed by atoms with E-state index in [1.807, 2.05) is 13.8 Å². The number of nitrogens with zero attached hydrogens (tertiary/aromatic N) is 1. The average molecular weight is 467 g/mol. The number of ether oxygens (including phenoxy) is 1. The molecule has 8 heteroatoms. The lowest BCUT2D eigenvalue weighted by Gasteiger charge is -2.48. The first-order chi connectivity index (χ1) is 14.5. The number of hydrogen-bond donors (Lipinski definition) is 1. The minimum Gasteiger partial charge on any atom is -0.413 e. The van der Waals surface area contributed by atoms with E-state index in [0.717, 1.165) is 19.3 Å². The van der Waals surface area contributed by atoms with E-state index in [4.69, 9.17) is 9.16 Å². The summed E-state index contributed by atoms with van der Waals surface area (Å²) in [5.41, 5.74) is -1.87. The van der Waals surface area contributed by atoms with Crippen molar-refractivity contribution < 1.29 is 23.5 Å². The molecule has 0 unspecified atom stereocenters. The summed E-state index contributed by atoms with van der Waals surface area (Å²) in [7, 11) is -2.07. The van der Waals surface area contributed by atoms with Crippen molar-refractivity contribution in [3.05, 3.63) is 0 Å². The highest BCUT2D eigenvalue weighted by Crippen LogP contribution is 2.46. The van der Waals surface area contributed by atoms with Gasteiger partial charge in [0.25, 0.3) is 5.91 Å². The van der Waals surface area contributed by atoms with Crippen molar-refractivity contribution in [2.75, 3.05) is 0 Å². The molecule has 0 bridgehead atoms. The Kier molecular flexibility index (Phi) is 6.50. The second-order valence-corrected chi connectivity index (χ2v) is 16.8. The number of hydrogen-bond acceptors (Lipinski definition) is 5. The van der Waals surface area contributed by atoms with E-state index >= 15 is 0 Å². The van der Waals surface area contributed by atoms with Crippen LogP contribution in [0.2, 0.25) is 18.1 Å². The number of β-lactam (4-membered cyclic amide) rings is 1. The van der Waals surface area contributed by atoms with Crippen LogP contribution in [-0.4, -0.2) is 54.4 Å². The predicted molar refractivity (Wildman–Crippen MR) is 125 cm³/mol. The fourth-order valence-electron chi connectivity index (χ4n) is 5.18. The summed E-state index contributed by atoms with van der Waals surface area (Å²) < 4.78 is 12.7. The second-order valence-electron chi connectivity index (χ2n) is 12.0. The molecule has 1 spiro atoms. The molecule has 32 heavy (non-hydrogen) atoms. The monoisotopic (exact) mass is 466 g/mol. The summed E-state index contributed by atoms with van der Waals surface area (Å²) in [6.07, 6.45) is 4.00. The van der Waals surface area contributed by atoms with Crippen molar-refractivity contribution in [3.8, 4) is 0 Å². The molecule has 1 saturated carbocycles. The van der Waals surface area contributed by atoms with Gasteiger partial charge < -0.3 is 14.5 Å². The van der Waals surface area contributed by atoms with Gasteiger partial charge >= 0.3 is 0 Å². The number of imide groups is 1. The minimum atomic E-state index is -2.07. The van der Waals surface area contributed by atoms with E-state index in [-0.39, 0.29) is 34.9 Å². The normalized spacial score (nSPS) is 29.5. The Morgan fingerprint density at radius 1 is 1.16 bits per heavy atom. The smallest absolute Gasteiger partial charge is 0.263 e. The Labute approximate surface area is 194 Å². The van der Waals surface area contributed by atoms with Crippen LogP contribution in [0.25, 0.3) is 0 Å². The lowest BCUT2D eigenvalue weighted by atomic mass is 9.78. The van der Waals surface area contributed by atoms with Crippen LogP contribution in [0, 0.1) is 11.8 Å². The summed E-state index contributed by atoms with van der Waals surface area (Å²) in [5, 5.41) is 2.95. The summed E-state index contributed by atoms with van der Waals surface area (Å²) in [6, 6.07) is -0.355. The van der Waals surface area contributed by atoms with Crippen molar-refractivity contribution in [2.24, 2.45) is 11.8 Å². The molecule has 3 amide bonds. The van der Waals surface area contributed by atoms with Crippen LogP contribution in [0.5, 0.6) is 0 Å². The Morgan fingerprint density at radius 2 is 1.72 bits per heavy atom. The van der Waals surface area contributed by atoms with Gasteiger partial charge in [0, 0.05) is 0 Å². The summed E-state index contributed by atoms with van der Waals surface area (Å²) in [4.78, 5) is 40.9. The fourth-order valence-corrected chi connectivity index (χ4v) is 6.61. The molecule has 3 aliphatic rings. The molecule has 2 heterocycles. The number of nitrogens with one attached hydrogen (secondary N) is 1. The number of carbonyl (C=O) groups excluding carboxylic acids is 3. The van der Waals surface area contributed by atoms with Gasteiger partial charge in [0.05, 0.1) is 24.0 Å². The Hall–Kier alpha value is -1.25. The van der Waals surface area contributed by atoms with Crippen LogP contribution < -0.4 is 5.32 Å². The van der Waals surface area contributed by atoms with E-state index < -0.39 is 31.5 Å². The van der Waals surface area contributed by atoms with Gasteiger partial charge in [-0.3, -0.25) is 14.4 Å². The van der Waals surface area contributed by atoms with Crippen molar-refractivity contribution in [2.45, 2.75) is 122 Å². The summed E-state index contributed by atoms with van der Waals surface area (Å²) in [6.45, 7) is 18.1. The van der Waals surface area contributed by atoms with Gasteiger partial charge in [0.1, 0.15) is 5.60 Å². The third kappa shape index (κ3) is 4.18. The SMILES string of the molecule is C[C@@H](O[Si](C)(C)C(C)(C)C)[C@H]1C(=O)N[C@@H]1[C@@H](C)C(=O)N1C(=O)C(C)(C)OC12CCCCC2. The van der Waals surface area contributed by atoms with E-state index in [0.29, 0.717) is 12.8 Å². The molecule has 3 rings (SSSR count). The molecule has 0 aromatic carbocycles. The highest BCUT2D eigenvalue weighted by atomic mass is 28.4. The highest BCUT2D eigenvalue weighted by Gasteiger charge is 2.61. The molecule has 3 fully saturated rings. The maximum atomic E-state index is 13.7. The van der Waals surface area contributed by atoms with Gasteiger partial charge in [-0.2, -0.15) is 0 Å². The molecule has 4 atom stereocenters. The molecule has 1 aliphatic carbocycles. The fraction of sp³-hybridized carbons (Fsp3) is 0.875. The van der Waals surface area contributed by atoms with Gasteiger partial charge in [-0.1, -0.05) is 34.1 Å². The maximum absolute atomic E-state index is 13.7. The zero-order valence-corrected chi connectivity index (χ0v) is 22.3. The maximum Gasteiger partial charge on any atom is 0.263 e. The number of amides is 3. The van der Waals surface area contributed by atoms with E-state index in [1.54, 1.807) is 13.8 Å². The third-order valence-corrected chi connectivity index (χ3v) is 12.7. The third-order valence-electron chi connectivity index (χ3n) is 8.15.